The van der Waals surface area contributed by atoms with Gasteiger partial charge in [-0.15, -0.1) is 0 Å². The summed E-state index contributed by atoms with van der Waals surface area (Å²) in [4.78, 5) is 0. The first kappa shape index (κ1) is 26.0. The standard InChI is InChI=1S/C28H44O2P/c1-5-7-9-13-19-25(3)29-31(27-21-15-11-16-22-27,28-23-17-12-18-24-28)30-26(4)20-14-10-8-6-2/h11-12,15-18,21-26H,5-10,13-14,19-20H2,1-4H3/q+1. The second kappa shape index (κ2) is 14.8. The van der Waals surface area contributed by atoms with Crippen LogP contribution in [0.4, 0.5) is 0 Å². The van der Waals surface area contributed by atoms with Crippen LogP contribution in [0.15, 0.2) is 60.7 Å². The summed E-state index contributed by atoms with van der Waals surface area (Å²) in [6.45, 7) is 8.97. The molecule has 0 aromatic heterocycles. The van der Waals surface area contributed by atoms with Gasteiger partial charge >= 0.3 is 7.72 Å². The van der Waals surface area contributed by atoms with Gasteiger partial charge in [-0.3, -0.25) is 0 Å². The Morgan fingerprint density at radius 1 is 0.581 bits per heavy atom. The Morgan fingerprint density at radius 3 is 1.32 bits per heavy atom. The molecule has 0 saturated carbocycles. The third-order valence-electron chi connectivity index (χ3n) is 5.78. The van der Waals surface area contributed by atoms with E-state index >= 15 is 0 Å². The van der Waals surface area contributed by atoms with Gasteiger partial charge < -0.3 is 0 Å². The first-order valence-electron chi connectivity index (χ1n) is 12.5. The van der Waals surface area contributed by atoms with Crippen LogP contribution in [0, 0.1) is 0 Å². The van der Waals surface area contributed by atoms with Crippen molar-refractivity contribution in [1.82, 2.24) is 0 Å². The molecule has 0 aliphatic carbocycles. The second-order valence-corrected chi connectivity index (χ2v) is 11.3. The van der Waals surface area contributed by atoms with E-state index in [1.54, 1.807) is 0 Å². The molecule has 2 unspecified atom stereocenters. The van der Waals surface area contributed by atoms with Crippen LogP contribution in [-0.2, 0) is 9.05 Å². The summed E-state index contributed by atoms with van der Waals surface area (Å²) in [7, 11) is -2.42. The average molecular weight is 444 g/mol. The Kier molecular flexibility index (Phi) is 12.4. The van der Waals surface area contributed by atoms with Crippen LogP contribution in [-0.4, -0.2) is 12.2 Å². The topological polar surface area (TPSA) is 18.5 Å². The highest BCUT2D eigenvalue weighted by atomic mass is 31.2. The van der Waals surface area contributed by atoms with E-state index in [2.05, 4.69) is 88.4 Å². The summed E-state index contributed by atoms with van der Waals surface area (Å²) in [5.41, 5.74) is 0. The van der Waals surface area contributed by atoms with Crippen molar-refractivity contribution < 1.29 is 9.05 Å². The van der Waals surface area contributed by atoms with Gasteiger partial charge in [-0.2, -0.15) is 9.05 Å². The molecule has 2 rings (SSSR count). The highest BCUT2D eigenvalue weighted by Crippen LogP contribution is 2.61. The maximum atomic E-state index is 6.98. The molecule has 0 spiro atoms. The smallest absolute Gasteiger partial charge is 0.192 e. The van der Waals surface area contributed by atoms with Gasteiger partial charge in [-0.1, -0.05) is 102 Å². The summed E-state index contributed by atoms with van der Waals surface area (Å²) >= 11 is 0. The van der Waals surface area contributed by atoms with Crippen molar-refractivity contribution >= 4 is 18.3 Å². The van der Waals surface area contributed by atoms with Crippen LogP contribution in [0.25, 0.3) is 0 Å². The third kappa shape index (κ3) is 8.68. The number of unbranched alkanes of at least 4 members (excludes halogenated alkanes) is 6. The van der Waals surface area contributed by atoms with Crippen molar-refractivity contribution in [2.45, 2.75) is 104 Å². The van der Waals surface area contributed by atoms with Crippen molar-refractivity contribution in [1.29, 1.82) is 0 Å². The SMILES string of the molecule is CCCCCCC(C)O[P+](OC(C)CCCCCC)(c1ccccc1)c1ccccc1. The van der Waals surface area contributed by atoms with Gasteiger partial charge in [-0.05, 0) is 51.0 Å². The fourth-order valence-electron chi connectivity index (χ4n) is 4.00. The first-order chi connectivity index (χ1) is 15.1. The fraction of sp³-hybridized carbons (Fsp3) is 0.571. The van der Waals surface area contributed by atoms with Crippen molar-refractivity contribution in [2.75, 3.05) is 0 Å². The summed E-state index contributed by atoms with van der Waals surface area (Å²) in [6.07, 6.45) is 12.6. The first-order valence-corrected chi connectivity index (χ1v) is 14.1. The molecule has 2 aromatic rings. The van der Waals surface area contributed by atoms with Gasteiger partial charge in [0.05, 0.1) is 0 Å². The van der Waals surface area contributed by atoms with E-state index in [9.17, 15) is 0 Å². The van der Waals surface area contributed by atoms with Crippen LogP contribution in [0.1, 0.15) is 91.9 Å². The molecule has 0 aliphatic rings. The minimum Gasteiger partial charge on any atom is -0.192 e. The molecule has 3 heteroatoms. The highest BCUT2D eigenvalue weighted by Gasteiger charge is 2.50. The maximum absolute atomic E-state index is 6.98. The van der Waals surface area contributed by atoms with Crippen molar-refractivity contribution in [2.24, 2.45) is 0 Å². The predicted octanol–water partition coefficient (Wildman–Crippen LogP) is 8.24. The van der Waals surface area contributed by atoms with Gasteiger partial charge in [0, 0.05) is 0 Å². The summed E-state index contributed by atoms with van der Waals surface area (Å²) < 4.78 is 14.0. The van der Waals surface area contributed by atoms with Gasteiger partial charge in [0.15, 0.2) is 10.6 Å². The largest absolute Gasteiger partial charge is 0.340 e. The molecular weight excluding hydrogens is 399 g/mol. The number of rotatable bonds is 16. The molecule has 0 heterocycles. The van der Waals surface area contributed by atoms with E-state index < -0.39 is 7.72 Å². The van der Waals surface area contributed by atoms with E-state index in [4.69, 9.17) is 9.05 Å². The van der Waals surface area contributed by atoms with Gasteiger partial charge in [-0.25, -0.2) is 0 Å². The zero-order valence-electron chi connectivity index (χ0n) is 20.3. The molecule has 172 valence electrons. The lowest BCUT2D eigenvalue weighted by molar-refractivity contribution is 0.144. The lowest BCUT2D eigenvalue weighted by Gasteiger charge is -2.29. The number of hydrogen-bond acceptors (Lipinski definition) is 2. The molecule has 0 bridgehead atoms. The minimum absolute atomic E-state index is 0.165. The molecule has 0 N–H and O–H groups in total. The van der Waals surface area contributed by atoms with E-state index in [1.165, 1.54) is 62.0 Å². The summed E-state index contributed by atoms with van der Waals surface area (Å²) in [5.74, 6) is 0. The van der Waals surface area contributed by atoms with Crippen LogP contribution in [0.3, 0.4) is 0 Å². The second-order valence-electron chi connectivity index (χ2n) is 8.75. The molecule has 0 radical (unpaired) electrons. The predicted molar refractivity (Wildman–Crippen MR) is 138 cm³/mol. The minimum atomic E-state index is -2.42. The Balaban J connectivity index is 2.28. The molecule has 31 heavy (non-hydrogen) atoms. The molecule has 0 fully saturated rings. The van der Waals surface area contributed by atoms with Gasteiger partial charge in [0.25, 0.3) is 0 Å². The van der Waals surface area contributed by atoms with E-state index in [0.717, 1.165) is 12.8 Å². The van der Waals surface area contributed by atoms with Gasteiger partial charge in [0.2, 0.25) is 0 Å². The number of hydrogen-bond donors (Lipinski definition) is 0. The zero-order chi connectivity index (χ0) is 22.4. The number of benzene rings is 2. The quantitative estimate of drug-likeness (QED) is 0.192. The highest BCUT2D eigenvalue weighted by molar-refractivity contribution is 7.81. The normalized spacial score (nSPS) is 13.8. The van der Waals surface area contributed by atoms with Crippen molar-refractivity contribution in [3.63, 3.8) is 0 Å². The van der Waals surface area contributed by atoms with Crippen LogP contribution >= 0.6 is 7.72 Å². The molecule has 2 aromatic carbocycles. The molecule has 0 amide bonds. The monoisotopic (exact) mass is 443 g/mol. The Labute approximate surface area is 192 Å². The van der Waals surface area contributed by atoms with Crippen LogP contribution in [0.5, 0.6) is 0 Å². The Morgan fingerprint density at radius 2 is 0.968 bits per heavy atom. The van der Waals surface area contributed by atoms with Crippen molar-refractivity contribution in [3.05, 3.63) is 60.7 Å². The van der Waals surface area contributed by atoms with Crippen molar-refractivity contribution in [3.8, 4) is 0 Å². The van der Waals surface area contributed by atoms with Gasteiger partial charge in [0.1, 0.15) is 12.2 Å². The molecule has 2 nitrogen and oxygen atoms in total. The van der Waals surface area contributed by atoms with Crippen LogP contribution < -0.4 is 10.6 Å². The molecule has 0 aliphatic heterocycles. The third-order valence-corrected chi connectivity index (χ3v) is 9.05. The zero-order valence-corrected chi connectivity index (χ0v) is 21.2. The molecule has 2 atom stereocenters. The lowest BCUT2D eigenvalue weighted by atomic mass is 10.1. The van der Waals surface area contributed by atoms with Crippen LogP contribution in [0.2, 0.25) is 0 Å². The van der Waals surface area contributed by atoms with E-state index in [1.807, 2.05) is 0 Å². The Hall–Kier alpha value is -1.21. The molecule has 0 saturated heterocycles. The lowest BCUT2D eigenvalue weighted by Crippen LogP contribution is -2.31. The Bertz CT molecular complexity index is 627. The van der Waals surface area contributed by atoms with E-state index in [0.29, 0.717) is 0 Å². The van der Waals surface area contributed by atoms with E-state index in [-0.39, 0.29) is 12.2 Å². The molecular formula is C28H44O2P+. The average Bonchev–Trinajstić information content (AvgIpc) is 2.80. The maximum Gasteiger partial charge on any atom is 0.340 e. The fourth-order valence-corrected chi connectivity index (χ4v) is 7.18. The summed E-state index contributed by atoms with van der Waals surface area (Å²) in [6, 6.07) is 21.3. The summed E-state index contributed by atoms with van der Waals surface area (Å²) in [5, 5.41) is 2.36.